The fraction of sp³-hybridized carbons (Fsp3) is 0.333. The Morgan fingerprint density at radius 3 is 2.30 bits per heavy atom. The predicted molar refractivity (Wildman–Crippen MR) is 45.9 cm³/mol. The Labute approximate surface area is 63.1 Å². The molecule has 0 aliphatic heterocycles. The summed E-state index contributed by atoms with van der Waals surface area (Å²) in [6, 6.07) is 10.3. The third-order valence-electron chi connectivity index (χ3n) is 1.22. The second-order valence-corrected chi connectivity index (χ2v) is 2.02. The lowest BCUT2D eigenvalue weighted by Crippen LogP contribution is -2.04. The molecular formula is C9H15N. The van der Waals surface area contributed by atoms with Gasteiger partial charge in [0.2, 0.25) is 0 Å². The van der Waals surface area contributed by atoms with Crippen LogP contribution >= 0.6 is 0 Å². The molecule has 0 saturated heterocycles. The topological polar surface area (TPSA) is 12.0 Å². The predicted octanol–water partition coefficient (Wildman–Crippen LogP) is 2.04. The van der Waals surface area contributed by atoms with Crippen LogP contribution in [-0.2, 0) is 6.54 Å². The monoisotopic (exact) mass is 137 g/mol. The number of hydrogen-bond donors (Lipinski definition) is 1. The van der Waals surface area contributed by atoms with Gasteiger partial charge in [-0.25, -0.2) is 0 Å². The quantitative estimate of drug-likeness (QED) is 0.657. The molecule has 1 aromatic rings. The molecule has 0 fully saturated rings. The van der Waals surface area contributed by atoms with Crippen molar-refractivity contribution in [3.8, 4) is 0 Å². The Hall–Kier alpha value is -0.820. The van der Waals surface area contributed by atoms with Crippen molar-refractivity contribution in [1.82, 2.24) is 5.32 Å². The summed E-state index contributed by atoms with van der Waals surface area (Å²) >= 11 is 0. The molecule has 0 radical (unpaired) electrons. The van der Waals surface area contributed by atoms with E-state index in [1.165, 1.54) is 5.56 Å². The van der Waals surface area contributed by atoms with Crippen LogP contribution in [0.15, 0.2) is 30.3 Å². The van der Waals surface area contributed by atoms with E-state index in [0.717, 1.165) is 6.54 Å². The Morgan fingerprint density at radius 1 is 1.20 bits per heavy atom. The first-order chi connectivity index (χ1) is 4.43. The number of rotatable bonds is 2. The summed E-state index contributed by atoms with van der Waals surface area (Å²) in [5.74, 6) is 0. The van der Waals surface area contributed by atoms with Crippen LogP contribution in [0.3, 0.4) is 0 Å². The first-order valence-corrected chi connectivity index (χ1v) is 3.12. The van der Waals surface area contributed by atoms with Crippen LogP contribution in [0.25, 0.3) is 0 Å². The highest BCUT2D eigenvalue weighted by Gasteiger charge is 1.83. The number of hydrogen-bond acceptors (Lipinski definition) is 1. The molecule has 0 heterocycles. The summed E-state index contributed by atoms with van der Waals surface area (Å²) in [6.45, 7) is 0.959. The molecule has 0 saturated carbocycles. The fourth-order valence-electron chi connectivity index (χ4n) is 0.800. The van der Waals surface area contributed by atoms with E-state index in [1.54, 1.807) is 0 Å². The van der Waals surface area contributed by atoms with Gasteiger partial charge in [-0.2, -0.15) is 0 Å². The zero-order chi connectivity index (χ0) is 6.53. The Bertz CT molecular complexity index is 158. The summed E-state index contributed by atoms with van der Waals surface area (Å²) in [4.78, 5) is 0. The third-order valence-corrected chi connectivity index (χ3v) is 1.22. The van der Waals surface area contributed by atoms with Crippen molar-refractivity contribution in [2.45, 2.75) is 14.0 Å². The van der Waals surface area contributed by atoms with Crippen LogP contribution in [0.2, 0.25) is 0 Å². The average molecular weight is 137 g/mol. The molecule has 0 atom stereocenters. The summed E-state index contributed by atoms with van der Waals surface area (Å²) < 4.78 is 0. The average Bonchev–Trinajstić information content (AvgIpc) is 1.91. The number of benzene rings is 1. The summed E-state index contributed by atoms with van der Waals surface area (Å²) in [7, 11) is 1.95. The van der Waals surface area contributed by atoms with Crippen molar-refractivity contribution in [2.24, 2.45) is 0 Å². The van der Waals surface area contributed by atoms with Crippen LogP contribution in [0.1, 0.15) is 13.0 Å². The molecule has 0 aliphatic carbocycles. The summed E-state index contributed by atoms with van der Waals surface area (Å²) in [6.07, 6.45) is 0. The van der Waals surface area contributed by atoms with Gasteiger partial charge < -0.3 is 5.32 Å². The molecule has 0 spiro atoms. The number of nitrogens with one attached hydrogen (secondary N) is 1. The van der Waals surface area contributed by atoms with E-state index in [1.807, 2.05) is 25.2 Å². The van der Waals surface area contributed by atoms with Gasteiger partial charge in [0.15, 0.2) is 0 Å². The van der Waals surface area contributed by atoms with Gasteiger partial charge in [0.25, 0.3) is 0 Å². The molecule has 1 N–H and O–H groups in total. The van der Waals surface area contributed by atoms with E-state index >= 15 is 0 Å². The van der Waals surface area contributed by atoms with Crippen LogP contribution in [0, 0.1) is 0 Å². The maximum Gasteiger partial charge on any atom is 0.0202 e. The fourth-order valence-corrected chi connectivity index (χ4v) is 0.800. The third kappa shape index (κ3) is 2.65. The Balaban J connectivity index is 0.000000810. The van der Waals surface area contributed by atoms with Crippen molar-refractivity contribution in [3.63, 3.8) is 0 Å². The van der Waals surface area contributed by atoms with Gasteiger partial charge in [0, 0.05) is 6.54 Å². The van der Waals surface area contributed by atoms with Crippen LogP contribution in [0.4, 0.5) is 0 Å². The van der Waals surface area contributed by atoms with Gasteiger partial charge in [-0.3, -0.25) is 0 Å². The highest BCUT2D eigenvalue weighted by Crippen LogP contribution is 1.95. The maximum absolute atomic E-state index is 3.08. The van der Waals surface area contributed by atoms with Gasteiger partial charge in [-0.1, -0.05) is 37.8 Å². The van der Waals surface area contributed by atoms with E-state index in [9.17, 15) is 0 Å². The summed E-state index contributed by atoms with van der Waals surface area (Å²) in [5.41, 5.74) is 1.33. The van der Waals surface area contributed by atoms with Crippen molar-refractivity contribution < 1.29 is 0 Å². The second kappa shape index (κ2) is 5.00. The van der Waals surface area contributed by atoms with Crippen molar-refractivity contribution in [3.05, 3.63) is 35.9 Å². The molecular weight excluding hydrogens is 122 g/mol. The van der Waals surface area contributed by atoms with E-state index in [-0.39, 0.29) is 7.43 Å². The zero-order valence-electron chi connectivity index (χ0n) is 5.59. The minimum Gasteiger partial charge on any atom is -0.316 e. The van der Waals surface area contributed by atoms with Gasteiger partial charge in [0.05, 0.1) is 0 Å². The molecule has 1 rings (SSSR count). The van der Waals surface area contributed by atoms with E-state index in [4.69, 9.17) is 0 Å². The zero-order valence-corrected chi connectivity index (χ0v) is 5.59. The lowest BCUT2D eigenvalue weighted by molar-refractivity contribution is 0.818. The Morgan fingerprint density at radius 2 is 1.80 bits per heavy atom. The lowest BCUT2D eigenvalue weighted by Gasteiger charge is -1.95. The Kier molecular flexibility index (Phi) is 4.59. The highest BCUT2D eigenvalue weighted by atomic mass is 14.8. The molecule has 0 amide bonds. The molecule has 0 bridgehead atoms. The SMILES string of the molecule is C.CNCc1ccccc1. The molecule has 1 aromatic carbocycles. The van der Waals surface area contributed by atoms with Gasteiger partial charge in [-0.15, -0.1) is 0 Å². The van der Waals surface area contributed by atoms with Gasteiger partial charge in [-0.05, 0) is 12.6 Å². The van der Waals surface area contributed by atoms with Gasteiger partial charge in [0.1, 0.15) is 0 Å². The molecule has 0 aromatic heterocycles. The molecule has 0 unspecified atom stereocenters. The first-order valence-electron chi connectivity index (χ1n) is 3.12. The lowest BCUT2D eigenvalue weighted by atomic mass is 10.2. The van der Waals surface area contributed by atoms with Crippen LogP contribution in [0.5, 0.6) is 0 Å². The van der Waals surface area contributed by atoms with Crippen molar-refractivity contribution >= 4 is 0 Å². The minimum absolute atomic E-state index is 0. The molecule has 0 aliphatic rings. The van der Waals surface area contributed by atoms with E-state index < -0.39 is 0 Å². The van der Waals surface area contributed by atoms with Crippen molar-refractivity contribution in [1.29, 1.82) is 0 Å². The smallest absolute Gasteiger partial charge is 0.0202 e. The molecule has 56 valence electrons. The second-order valence-electron chi connectivity index (χ2n) is 2.02. The van der Waals surface area contributed by atoms with E-state index in [0.29, 0.717) is 0 Å². The maximum atomic E-state index is 3.08. The molecule has 10 heavy (non-hydrogen) atoms. The van der Waals surface area contributed by atoms with Crippen LogP contribution in [-0.4, -0.2) is 7.05 Å². The standard InChI is InChI=1S/C8H11N.CH4/c1-9-7-8-5-3-2-4-6-8;/h2-6,9H,7H2,1H3;1H4. The highest BCUT2D eigenvalue weighted by molar-refractivity contribution is 5.13. The summed E-state index contributed by atoms with van der Waals surface area (Å²) in [5, 5.41) is 3.08. The van der Waals surface area contributed by atoms with E-state index in [2.05, 4.69) is 17.4 Å². The van der Waals surface area contributed by atoms with Crippen molar-refractivity contribution in [2.75, 3.05) is 7.05 Å². The normalized spacial score (nSPS) is 8.50. The largest absolute Gasteiger partial charge is 0.316 e. The molecule has 1 nitrogen and oxygen atoms in total. The van der Waals surface area contributed by atoms with Crippen LogP contribution < -0.4 is 5.32 Å². The minimum atomic E-state index is 0. The molecule has 1 heteroatoms. The van der Waals surface area contributed by atoms with Gasteiger partial charge >= 0.3 is 0 Å². The first kappa shape index (κ1) is 9.18.